The van der Waals surface area contributed by atoms with Gasteiger partial charge in [-0.1, -0.05) is 36.9 Å². The Morgan fingerprint density at radius 1 is 1.33 bits per heavy atom. The number of hydrogen-bond acceptors (Lipinski definition) is 4. The van der Waals surface area contributed by atoms with E-state index in [0.29, 0.717) is 5.57 Å². The summed E-state index contributed by atoms with van der Waals surface area (Å²) < 4.78 is 37.0. The number of carbonyl (C=O) groups excluding carboxylic acids is 2. The SMILES string of the molecule is CC1CC=CC=C1C(=O)SC1C[C@H](NC(=O)C(F)(F)F)CC[C@@H]1O. The molecule has 134 valence electrons. The lowest BCUT2D eigenvalue weighted by Crippen LogP contribution is -2.48. The van der Waals surface area contributed by atoms with Gasteiger partial charge in [0.25, 0.3) is 0 Å². The van der Waals surface area contributed by atoms with Gasteiger partial charge in [0.2, 0.25) is 5.12 Å². The third kappa shape index (κ3) is 4.86. The van der Waals surface area contributed by atoms with Gasteiger partial charge < -0.3 is 10.4 Å². The third-order valence-electron chi connectivity index (χ3n) is 4.28. The van der Waals surface area contributed by atoms with Crippen LogP contribution < -0.4 is 5.32 Å². The first-order chi connectivity index (χ1) is 11.2. The van der Waals surface area contributed by atoms with Crippen LogP contribution in [-0.2, 0) is 9.59 Å². The maximum atomic E-state index is 12.4. The number of thioether (sulfide) groups is 1. The van der Waals surface area contributed by atoms with Crippen LogP contribution in [0.3, 0.4) is 0 Å². The maximum Gasteiger partial charge on any atom is 0.471 e. The van der Waals surface area contributed by atoms with E-state index >= 15 is 0 Å². The van der Waals surface area contributed by atoms with Gasteiger partial charge in [0.15, 0.2) is 0 Å². The van der Waals surface area contributed by atoms with Crippen molar-refractivity contribution in [2.75, 3.05) is 0 Å². The molecule has 0 aromatic carbocycles. The first kappa shape index (κ1) is 19.1. The predicted octanol–water partition coefficient (Wildman–Crippen LogP) is 2.73. The summed E-state index contributed by atoms with van der Waals surface area (Å²) in [5.74, 6) is -1.90. The van der Waals surface area contributed by atoms with Gasteiger partial charge in [0, 0.05) is 16.9 Å². The van der Waals surface area contributed by atoms with E-state index in [2.05, 4.69) is 0 Å². The number of rotatable bonds is 3. The molecule has 0 radical (unpaired) electrons. The van der Waals surface area contributed by atoms with E-state index < -0.39 is 29.5 Å². The minimum absolute atomic E-state index is 0.0801. The van der Waals surface area contributed by atoms with Crippen LogP contribution in [0.2, 0.25) is 0 Å². The van der Waals surface area contributed by atoms with Crippen LogP contribution in [0, 0.1) is 5.92 Å². The number of halogens is 3. The van der Waals surface area contributed by atoms with Crippen LogP contribution in [0.15, 0.2) is 23.8 Å². The van der Waals surface area contributed by atoms with E-state index in [1.165, 1.54) is 0 Å². The number of hydrogen-bond donors (Lipinski definition) is 2. The molecule has 2 aliphatic rings. The predicted molar refractivity (Wildman–Crippen MR) is 85.2 cm³/mol. The van der Waals surface area contributed by atoms with Crippen molar-refractivity contribution in [3.63, 3.8) is 0 Å². The van der Waals surface area contributed by atoms with Crippen LogP contribution in [0.5, 0.6) is 0 Å². The number of aliphatic hydroxyl groups is 1. The molecule has 0 saturated heterocycles. The highest BCUT2D eigenvalue weighted by Crippen LogP contribution is 2.34. The van der Waals surface area contributed by atoms with E-state index in [-0.39, 0.29) is 30.3 Å². The van der Waals surface area contributed by atoms with E-state index in [0.717, 1.165) is 18.2 Å². The molecule has 2 N–H and O–H groups in total. The largest absolute Gasteiger partial charge is 0.471 e. The van der Waals surface area contributed by atoms with E-state index in [1.54, 1.807) is 12.2 Å². The molecule has 0 aliphatic heterocycles. The van der Waals surface area contributed by atoms with Crippen molar-refractivity contribution in [3.8, 4) is 0 Å². The van der Waals surface area contributed by atoms with Crippen LogP contribution in [0.25, 0.3) is 0 Å². The summed E-state index contributed by atoms with van der Waals surface area (Å²) in [6, 6.07) is -0.689. The summed E-state index contributed by atoms with van der Waals surface area (Å²) in [7, 11) is 0. The van der Waals surface area contributed by atoms with Gasteiger partial charge in [-0.15, -0.1) is 0 Å². The van der Waals surface area contributed by atoms with Crippen LogP contribution >= 0.6 is 11.8 Å². The molecule has 1 saturated carbocycles. The lowest BCUT2D eigenvalue weighted by atomic mass is 9.92. The Hall–Kier alpha value is -1.28. The molecule has 0 spiro atoms. The second kappa shape index (κ2) is 7.74. The van der Waals surface area contributed by atoms with Gasteiger partial charge in [-0.2, -0.15) is 13.2 Å². The average Bonchev–Trinajstić information content (AvgIpc) is 2.50. The Kier molecular flexibility index (Phi) is 6.14. The Balaban J connectivity index is 1.96. The van der Waals surface area contributed by atoms with Crippen molar-refractivity contribution >= 4 is 22.8 Å². The van der Waals surface area contributed by atoms with Crippen molar-refractivity contribution in [1.29, 1.82) is 0 Å². The molecule has 0 bridgehead atoms. The highest BCUT2D eigenvalue weighted by molar-refractivity contribution is 8.14. The monoisotopic (exact) mass is 363 g/mol. The normalized spacial score (nSPS) is 30.6. The molecule has 0 heterocycles. The van der Waals surface area contributed by atoms with Gasteiger partial charge >= 0.3 is 12.1 Å². The average molecular weight is 363 g/mol. The molecule has 2 aliphatic carbocycles. The van der Waals surface area contributed by atoms with Crippen molar-refractivity contribution < 1.29 is 27.9 Å². The minimum Gasteiger partial charge on any atom is -0.392 e. The van der Waals surface area contributed by atoms with Crippen molar-refractivity contribution in [2.45, 2.75) is 56.2 Å². The van der Waals surface area contributed by atoms with Gasteiger partial charge in [0.05, 0.1) is 6.10 Å². The Labute approximate surface area is 142 Å². The van der Waals surface area contributed by atoms with Crippen molar-refractivity contribution in [2.24, 2.45) is 5.92 Å². The fraction of sp³-hybridized carbons (Fsp3) is 0.625. The first-order valence-electron chi connectivity index (χ1n) is 7.82. The summed E-state index contributed by atoms with van der Waals surface area (Å²) in [6.07, 6.45) is 1.21. The molecule has 1 fully saturated rings. The standard InChI is InChI=1S/C16H20F3NO3S/c1-9-4-2-3-5-11(9)14(22)24-13-8-10(6-7-12(13)21)20-15(23)16(17,18)19/h2-3,5,9-10,12-13,21H,4,6-8H2,1H3,(H,20,23)/t9?,10-,12+,13?/m1/s1. The number of alkyl halides is 3. The van der Waals surface area contributed by atoms with Crippen LogP contribution in [0.4, 0.5) is 13.2 Å². The minimum atomic E-state index is -4.93. The van der Waals surface area contributed by atoms with Gasteiger partial charge in [-0.05, 0) is 31.6 Å². The summed E-state index contributed by atoms with van der Waals surface area (Å²) in [5, 5.41) is 11.3. The lowest BCUT2D eigenvalue weighted by molar-refractivity contribution is -0.174. The van der Waals surface area contributed by atoms with Gasteiger partial charge in [-0.25, -0.2) is 0 Å². The first-order valence-corrected chi connectivity index (χ1v) is 8.70. The van der Waals surface area contributed by atoms with Gasteiger partial charge in [0.1, 0.15) is 0 Å². The summed E-state index contributed by atoms with van der Waals surface area (Å²) in [4.78, 5) is 23.4. The number of nitrogens with one attached hydrogen (secondary N) is 1. The zero-order valence-corrected chi connectivity index (χ0v) is 14.0. The fourth-order valence-corrected chi connectivity index (χ4v) is 4.16. The van der Waals surface area contributed by atoms with Crippen LogP contribution in [0.1, 0.15) is 32.6 Å². The second-order valence-corrected chi connectivity index (χ2v) is 7.39. The van der Waals surface area contributed by atoms with Crippen molar-refractivity contribution in [3.05, 3.63) is 23.8 Å². The number of carbonyl (C=O) groups is 2. The molecule has 4 nitrogen and oxygen atoms in total. The molecular weight excluding hydrogens is 343 g/mol. The summed E-state index contributed by atoms with van der Waals surface area (Å²) >= 11 is 0.954. The second-order valence-electron chi connectivity index (χ2n) is 6.18. The lowest BCUT2D eigenvalue weighted by Gasteiger charge is -2.33. The van der Waals surface area contributed by atoms with E-state index in [1.807, 2.05) is 18.3 Å². The molecule has 24 heavy (non-hydrogen) atoms. The molecule has 0 aromatic rings. The number of amides is 1. The summed E-state index contributed by atoms with van der Waals surface area (Å²) in [6.45, 7) is 1.93. The smallest absolute Gasteiger partial charge is 0.392 e. The number of aliphatic hydroxyl groups excluding tert-OH is 1. The number of allylic oxidation sites excluding steroid dienone is 3. The molecule has 8 heteroatoms. The Morgan fingerprint density at radius 2 is 2.04 bits per heavy atom. The zero-order valence-electron chi connectivity index (χ0n) is 13.2. The highest BCUT2D eigenvalue weighted by Gasteiger charge is 2.41. The van der Waals surface area contributed by atoms with Crippen molar-refractivity contribution in [1.82, 2.24) is 5.32 Å². The quantitative estimate of drug-likeness (QED) is 0.809. The Morgan fingerprint density at radius 3 is 2.67 bits per heavy atom. The fourth-order valence-electron chi connectivity index (χ4n) is 2.86. The maximum absolute atomic E-state index is 12.4. The molecule has 4 atom stereocenters. The molecule has 1 amide bonds. The Bertz CT molecular complexity index is 559. The van der Waals surface area contributed by atoms with E-state index in [9.17, 15) is 27.9 Å². The van der Waals surface area contributed by atoms with E-state index in [4.69, 9.17) is 0 Å². The zero-order chi connectivity index (χ0) is 17.9. The van der Waals surface area contributed by atoms with Crippen LogP contribution in [-0.4, -0.2) is 39.7 Å². The molecule has 0 aromatic heterocycles. The third-order valence-corrected chi connectivity index (χ3v) is 5.54. The molecule has 2 rings (SSSR count). The topological polar surface area (TPSA) is 66.4 Å². The molecule has 2 unspecified atom stereocenters. The summed E-state index contributed by atoms with van der Waals surface area (Å²) in [5.41, 5.74) is 0.649. The molecular formula is C16H20F3NO3S. The van der Waals surface area contributed by atoms with Gasteiger partial charge in [-0.3, -0.25) is 9.59 Å². The highest BCUT2D eigenvalue weighted by atomic mass is 32.2.